The molecule has 4 nitrogen and oxygen atoms in total. The monoisotopic (exact) mass is 261 g/mol. The zero-order valence-corrected chi connectivity index (χ0v) is 12.0. The summed E-state index contributed by atoms with van der Waals surface area (Å²) in [7, 11) is 1.80. The Morgan fingerprint density at radius 2 is 2.05 bits per heavy atom. The molecule has 1 heterocycles. The first-order chi connectivity index (χ1) is 9.13. The Labute approximate surface area is 115 Å². The Hall–Kier alpha value is -1.55. The van der Waals surface area contributed by atoms with Crippen molar-refractivity contribution in [3.05, 3.63) is 35.4 Å². The lowest BCUT2D eigenvalue weighted by atomic mass is 9.89. The predicted octanol–water partition coefficient (Wildman–Crippen LogP) is 1.70. The summed E-state index contributed by atoms with van der Waals surface area (Å²) in [4.78, 5) is 4.25. The number of guanidine groups is 1. The second-order valence-corrected chi connectivity index (χ2v) is 5.51. The summed E-state index contributed by atoms with van der Waals surface area (Å²) >= 11 is 0. The molecule has 1 saturated heterocycles. The van der Waals surface area contributed by atoms with Crippen LogP contribution in [-0.2, 0) is 11.3 Å². The van der Waals surface area contributed by atoms with Crippen LogP contribution in [0.15, 0.2) is 29.3 Å². The van der Waals surface area contributed by atoms with Crippen molar-refractivity contribution in [1.29, 1.82) is 0 Å². The number of rotatable bonds is 4. The van der Waals surface area contributed by atoms with Crippen LogP contribution in [0.4, 0.5) is 0 Å². The molecule has 0 spiro atoms. The fraction of sp³-hybridized carbons (Fsp3) is 0.533. The fourth-order valence-corrected chi connectivity index (χ4v) is 2.06. The zero-order valence-electron chi connectivity index (χ0n) is 12.0. The van der Waals surface area contributed by atoms with Gasteiger partial charge in [-0.1, -0.05) is 31.2 Å². The molecule has 19 heavy (non-hydrogen) atoms. The van der Waals surface area contributed by atoms with E-state index in [0.29, 0.717) is 0 Å². The Morgan fingerprint density at radius 3 is 2.63 bits per heavy atom. The number of aryl methyl sites for hydroxylation is 1. The van der Waals surface area contributed by atoms with Crippen LogP contribution in [-0.4, -0.2) is 32.8 Å². The molecule has 0 aliphatic carbocycles. The Morgan fingerprint density at radius 1 is 1.32 bits per heavy atom. The van der Waals surface area contributed by atoms with Gasteiger partial charge in [-0.2, -0.15) is 0 Å². The van der Waals surface area contributed by atoms with E-state index in [9.17, 15) is 0 Å². The standard InChI is InChI=1S/C15H23N3O/c1-12-6-4-5-7-13(12)8-17-14(16-3)18-9-15(2)10-19-11-15/h4-7H,8-11H2,1-3H3,(H2,16,17,18). The van der Waals surface area contributed by atoms with Gasteiger partial charge in [0.2, 0.25) is 0 Å². The molecule has 0 amide bonds. The zero-order chi connectivity index (χ0) is 13.7. The molecule has 0 aromatic heterocycles. The van der Waals surface area contributed by atoms with Gasteiger partial charge in [0, 0.05) is 25.6 Å². The summed E-state index contributed by atoms with van der Waals surface area (Å²) in [5.74, 6) is 0.844. The highest BCUT2D eigenvalue weighted by Gasteiger charge is 2.33. The van der Waals surface area contributed by atoms with E-state index >= 15 is 0 Å². The van der Waals surface area contributed by atoms with Gasteiger partial charge in [0.1, 0.15) is 0 Å². The van der Waals surface area contributed by atoms with Gasteiger partial charge < -0.3 is 15.4 Å². The molecule has 2 N–H and O–H groups in total. The molecule has 0 atom stereocenters. The first-order valence-electron chi connectivity index (χ1n) is 6.70. The largest absolute Gasteiger partial charge is 0.380 e. The van der Waals surface area contributed by atoms with Crippen molar-refractivity contribution < 1.29 is 4.74 Å². The average molecular weight is 261 g/mol. The third-order valence-electron chi connectivity index (χ3n) is 3.51. The van der Waals surface area contributed by atoms with E-state index in [2.05, 4.69) is 53.7 Å². The van der Waals surface area contributed by atoms with Gasteiger partial charge >= 0.3 is 0 Å². The van der Waals surface area contributed by atoms with Crippen LogP contribution in [0.3, 0.4) is 0 Å². The fourth-order valence-electron chi connectivity index (χ4n) is 2.06. The van der Waals surface area contributed by atoms with Crippen molar-refractivity contribution >= 4 is 5.96 Å². The van der Waals surface area contributed by atoms with Gasteiger partial charge in [-0.25, -0.2) is 0 Å². The minimum atomic E-state index is 0.250. The van der Waals surface area contributed by atoms with Crippen LogP contribution in [0.25, 0.3) is 0 Å². The SMILES string of the molecule is CN=C(NCc1ccccc1C)NCC1(C)COC1. The van der Waals surface area contributed by atoms with Crippen molar-refractivity contribution in [2.45, 2.75) is 20.4 Å². The highest BCUT2D eigenvalue weighted by Crippen LogP contribution is 2.24. The quantitative estimate of drug-likeness (QED) is 0.640. The van der Waals surface area contributed by atoms with Crippen LogP contribution < -0.4 is 10.6 Å². The van der Waals surface area contributed by atoms with Crippen LogP contribution in [0, 0.1) is 12.3 Å². The maximum Gasteiger partial charge on any atom is 0.191 e. The van der Waals surface area contributed by atoms with Crippen LogP contribution in [0.1, 0.15) is 18.1 Å². The van der Waals surface area contributed by atoms with Gasteiger partial charge in [0.15, 0.2) is 5.96 Å². The molecule has 2 rings (SSSR count). The number of ether oxygens (including phenoxy) is 1. The van der Waals surface area contributed by atoms with Crippen LogP contribution in [0.2, 0.25) is 0 Å². The summed E-state index contributed by atoms with van der Waals surface area (Å²) in [6.45, 7) is 7.68. The molecule has 1 aromatic carbocycles. The lowest BCUT2D eigenvalue weighted by molar-refractivity contribution is -0.0971. The van der Waals surface area contributed by atoms with E-state index in [-0.39, 0.29) is 5.41 Å². The lowest BCUT2D eigenvalue weighted by Crippen LogP contribution is -2.50. The molecular formula is C15H23N3O. The minimum absolute atomic E-state index is 0.250. The molecule has 4 heteroatoms. The van der Waals surface area contributed by atoms with Crippen LogP contribution >= 0.6 is 0 Å². The normalized spacial score (nSPS) is 17.7. The molecule has 1 aliphatic rings. The van der Waals surface area contributed by atoms with Gasteiger partial charge in [0.25, 0.3) is 0 Å². The Bertz CT molecular complexity index is 452. The smallest absolute Gasteiger partial charge is 0.191 e. The van der Waals surface area contributed by atoms with E-state index < -0.39 is 0 Å². The maximum absolute atomic E-state index is 5.25. The molecule has 1 aromatic rings. The van der Waals surface area contributed by atoms with E-state index in [1.165, 1.54) is 11.1 Å². The third kappa shape index (κ3) is 3.70. The Kier molecular flexibility index (Phi) is 4.43. The van der Waals surface area contributed by atoms with Gasteiger partial charge in [0.05, 0.1) is 13.2 Å². The average Bonchev–Trinajstić information content (AvgIpc) is 2.38. The first-order valence-corrected chi connectivity index (χ1v) is 6.70. The Balaban J connectivity index is 1.81. The second kappa shape index (κ2) is 6.06. The maximum atomic E-state index is 5.25. The minimum Gasteiger partial charge on any atom is -0.380 e. The first kappa shape index (κ1) is 13.9. The van der Waals surface area contributed by atoms with Crippen LogP contribution in [0.5, 0.6) is 0 Å². The van der Waals surface area contributed by atoms with Crippen molar-refractivity contribution in [3.63, 3.8) is 0 Å². The number of benzene rings is 1. The lowest BCUT2D eigenvalue weighted by Gasteiger charge is -2.38. The second-order valence-electron chi connectivity index (χ2n) is 5.51. The number of aliphatic imine (C=N–C) groups is 1. The molecule has 0 unspecified atom stereocenters. The van der Waals surface area contributed by atoms with Gasteiger partial charge in [-0.05, 0) is 18.1 Å². The summed E-state index contributed by atoms with van der Waals surface area (Å²) < 4.78 is 5.25. The van der Waals surface area contributed by atoms with Crippen molar-refractivity contribution in [2.24, 2.45) is 10.4 Å². The van der Waals surface area contributed by atoms with E-state index in [0.717, 1.165) is 32.3 Å². The number of hydrogen-bond donors (Lipinski definition) is 2. The summed E-state index contributed by atoms with van der Waals surface area (Å²) in [6.07, 6.45) is 0. The topological polar surface area (TPSA) is 45.7 Å². The molecule has 104 valence electrons. The van der Waals surface area contributed by atoms with E-state index in [4.69, 9.17) is 4.74 Å². The predicted molar refractivity (Wildman–Crippen MR) is 78.3 cm³/mol. The summed E-state index contributed by atoms with van der Waals surface area (Å²) in [5.41, 5.74) is 2.84. The van der Waals surface area contributed by atoms with Gasteiger partial charge in [-0.15, -0.1) is 0 Å². The number of nitrogens with one attached hydrogen (secondary N) is 2. The van der Waals surface area contributed by atoms with Crippen molar-refractivity contribution in [1.82, 2.24) is 10.6 Å². The van der Waals surface area contributed by atoms with E-state index in [1.807, 2.05) is 0 Å². The highest BCUT2D eigenvalue weighted by molar-refractivity contribution is 5.79. The summed E-state index contributed by atoms with van der Waals surface area (Å²) in [6, 6.07) is 8.38. The molecule has 0 radical (unpaired) electrons. The summed E-state index contributed by atoms with van der Waals surface area (Å²) in [5, 5.41) is 6.71. The van der Waals surface area contributed by atoms with E-state index in [1.54, 1.807) is 7.05 Å². The third-order valence-corrected chi connectivity index (χ3v) is 3.51. The molecular weight excluding hydrogens is 238 g/mol. The van der Waals surface area contributed by atoms with Gasteiger partial charge in [-0.3, -0.25) is 4.99 Å². The van der Waals surface area contributed by atoms with Crippen molar-refractivity contribution in [2.75, 3.05) is 26.8 Å². The molecule has 0 saturated carbocycles. The number of hydrogen-bond acceptors (Lipinski definition) is 2. The van der Waals surface area contributed by atoms with Crippen molar-refractivity contribution in [3.8, 4) is 0 Å². The number of nitrogens with zero attached hydrogens (tertiary/aromatic N) is 1. The highest BCUT2D eigenvalue weighted by atomic mass is 16.5. The molecule has 1 fully saturated rings. The molecule has 0 bridgehead atoms. The molecule has 1 aliphatic heterocycles.